The van der Waals surface area contributed by atoms with Gasteiger partial charge in [-0.05, 0) is 36.7 Å². The average Bonchev–Trinajstić information content (AvgIpc) is 2.15. The molecule has 0 spiro atoms. The summed E-state index contributed by atoms with van der Waals surface area (Å²) in [5, 5.41) is 0. The molecule has 0 aliphatic rings. The second-order valence-corrected chi connectivity index (χ2v) is 9.22. The summed E-state index contributed by atoms with van der Waals surface area (Å²) in [6.45, 7) is 9.77. The van der Waals surface area contributed by atoms with Crippen molar-refractivity contribution in [2.24, 2.45) is 5.92 Å². The average molecular weight is 223 g/mol. The van der Waals surface area contributed by atoms with Crippen molar-refractivity contribution in [2.75, 3.05) is 0 Å². The Kier molecular flexibility index (Phi) is 4.48. The van der Waals surface area contributed by atoms with Crippen LogP contribution >= 0.6 is 0 Å². The fraction of sp³-hybridized carbons (Fsp3) is 0.583. The standard InChI is InChI=1S/C12H21NOSi/c1-11(2)10-15(3,4)14-9-12-6-5-7-13-8-12/h5-8,11H,9-10H2,1-4H3. The van der Waals surface area contributed by atoms with Crippen LogP contribution < -0.4 is 0 Å². The SMILES string of the molecule is CC(C)C[Si](C)(C)OCc1cccnc1. The van der Waals surface area contributed by atoms with Crippen LogP contribution in [0, 0.1) is 5.92 Å². The van der Waals surface area contributed by atoms with Crippen LogP contribution in [0.25, 0.3) is 0 Å². The molecule has 0 N–H and O–H groups in total. The van der Waals surface area contributed by atoms with Crippen molar-refractivity contribution in [2.45, 2.75) is 39.6 Å². The summed E-state index contributed by atoms with van der Waals surface area (Å²) >= 11 is 0. The van der Waals surface area contributed by atoms with Gasteiger partial charge in [0.15, 0.2) is 8.32 Å². The van der Waals surface area contributed by atoms with Gasteiger partial charge in [-0.3, -0.25) is 4.98 Å². The number of nitrogens with zero attached hydrogens (tertiary/aromatic N) is 1. The lowest BCUT2D eigenvalue weighted by molar-refractivity contribution is 0.290. The lowest BCUT2D eigenvalue weighted by Gasteiger charge is -2.24. The van der Waals surface area contributed by atoms with E-state index in [1.807, 2.05) is 12.3 Å². The van der Waals surface area contributed by atoms with E-state index in [2.05, 4.69) is 38.0 Å². The van der Waals surface area contributed by atoms with Crippen molar-refractivity contribution >= 4 is 8.32 Å². The van der Waals surface area contributed by atoms with E-state index < -0.39 is 8.32 Å². The quantitative estimate of drug-likeness (QED) is 0.713. The molecule has 0 saturated heterocycles. The van der Waals surface area contributed by atoms with E-state index in [0.29, 0.717) is 6.61 Å². The summed E-state index contributed by atoms with van der Waals surface area (Å²) in [7, 11) is -1.48. The molecule has 15 heavy (non-hydrogen) atoms. The van der Waals surface area contributed by atoms with Gasteiger partial charge in [-0.25, -0.2) is 0 Å². The minimum absolute atomic E-state index is 0.708. The first kappa shape index (κ1) is 12.4. The molecule has 0 aliphatic carbocycles. The Bertz CT molecular complexity index is 285. The van der Waals surface area contributed by atoms with E-state index >= 15 is 0 Å². The fourth-order valence-corrected chi connectivity index (χ4v) is 4.45. The molecule has 1 aromatic rings. The van der Waals surface area contributed by atoms with Gasteiger partial charge in [0.1, 0.15) is 0 Å². The first-order valence-corrected chi connectivity index (χ1v) is 8.64. The highest BCUT2D eigenvalue weighted by Crippen LogP contribution is 2.19. The zero-order chi connectivity index (χ0) is 11.3. The zero-order valence-electron chi connectivity index (χ0n) is 10.2. The first-order valence-electron chi connectivity index (χ1n) is 5.52. The maximum Gasteiger partial charge on any atom is 0.187 e. The fourth-order valence-electron chi connectivity index (χ4n) is 1.80. The largest absolute Gasteiger partial charge is 0.413 e. The van der Waals surface area contributed by atoms with Crippen LogP contribution in [0.15, 0.2) is 24.5 Å². The molecule has 0 saturated carbocycles. The summed E-state index contributed by atoms with van der Waals surface area (Å²) in [5.41, 5.74) is 1.17. The maximum absolute atomic E-state index is 6.03. The Labute approximate surface area is 93.8 Å². The van der Waals surface area contributed by atoms with Crippen LogP contribution in [-0.4, -0.2) is 13.3 Å². The smallest absolute Gasteiger partial charge is 0.187 e. The van der Waals surface area contributed by atoms with Crippen LogP contribution in [0.2, 0.25) is 19.1 Å². The van der Waals surface area contributed by atoms with Crippen LogP contribution in [-0.2, 0) is 11.0 Å². The van der Waals surface area contributed by atoms with Crippen LogP contribution in [0.4, 0.5) is 0 Å². The van der Waals surface area contributed by atoms with Gasteiger partial charge in [0.25, 0.3) is 0 Å². The van der Waals surface area contributed by atoms with Gasteiger partial charge in [0.2, 0.25) is 0 Å². The van der Waals surface area contributed by atoms with Crippen molar-refractivity contribution in [3.8, 4) is 0 Å². The third-order valence-corrected chi connectivity index (χ3v) is 4.98. The topological polar surface area (TPSA) is 22.1 Å². The molecule has 0 amide bonds. The third kappa shape index (κ3) is 5.09. The van der Waals surface area contributed by atoms with Crippen molar-refractivity contribution in [3.63, 3.8) is 0 Å². The van der Waals surface area contributed by atoms with Crippen LogP contribution in [0.5, 0.6) is 0 Å². The molecule has 2 nitrogen and oxygen atoms in total. The monoisotopic (exact) mass is 223 g/mol. The molecule has 0 atom stereocenters. The summed E-state index contributed by atoms with van der Waals surface area (Å²) in [6.07, 6.45) is 3.67. The molecule has 3 heteroatoms. The van der Waals surface area contributed by atoms with E-state index in [0.717, 1.165) is 5.92 Å². The van der Waals surface area contributed by atoms with Crippen molar-refractivity contribution < 1.29 is 4.43 Å². The van der Waals surface area contributed by atoms with Crippen LogP contribution in [0.3, 0.4) is 0 Å². The Morgan fingerprint density at radius 2 is 2.13 bits per heavy atom. The van der Waals surface area contributed by atoms with Crippen LogP contribution in [0.1, 0.15) is 19.4 Å². The number of rotatable bonds is 5. The molecule has 0 fully saturated rings. The predicted molar refractivity (Wildman–Crippen MR) is 66.2 cm³/mol. The number of hydrogen-bond donors (Lipinski definition) is 0. The molecule has 0 aliphatic heterocycles. The molecule has 84 valence electrons. The molecule has 0 aromatic carbocycles. The van der Waals surface area contributed by atoms with Gasteiger partial charge in [-0.1, -0.05) is 19.9 Å². The number of hydrogen-bond acceptors (Lipinski definition) is 2. The Hall–Kier alpha value is -0.673. The van der Waals surface area contributed by atoms with Gasteiger partial charge >= 0.3 is 0 Å². The summed E-state index contributed by atoms with van der Waals surface area (Å²) in [4.78, 5) is 4.08. The minimum Gasteiger partial charge on any atom is -0.413 e. The lowest BCUT2D eigenvalue weighted by Crippen LogP contribution is -2.31. The molecule has 1 heterocycles. The number of aromatic nitrogens is 1. The van der Waals surface area contributed by atoms with Gasteiger partial charge < -0.3 is 4.43 Å². The molecule has 0 bridgehead atoms. The highest BCUT2D eigenvalue weighted by molar-refractivity contribution is 6.71. The number of pyridine rings is 1. The molecule has 1 rings (SSSR count). The molecule has 0 radical (unpaired) electrons. The molecule has 1 aromatic heterocycles. The highest BCUT2D eigenvalue weighted by Gasteiger charge is 2.23. The van der Waals surface area contributed by atoms with Crippen molar-refractivity contribution in [3.05, 3.63) is 30.1 Å². The summed E-state index contributed by atoms with van der Waals surface area (Å²) < 4.78 is 6.03. The first-order chi connectivity index (χ1) is 6.99. The summed E-state index contributed by atoms with van der Waals surface area (Å²) in [5.74, 6) is 0.723. The highest BCUT2D eigenvalue weighted by atomic mass is 28.4. The zero-order valence-corrected chi connectivity index (χ0v) is 11.2. The van der Waals surface area contributed by atoms with Crippen molar-refractivity contribution in [1.29, 1.82) is 0 Å². The van der Waals surface area contributed by atoms with Gasteiger partial charge in [-0.2, -0.15) is 0 Å². The van der Waals surface area contributed by atoms with Gasteiger partial charge in [0.05, 0.1) is 6.61 Å². The van der Waals surface area contributed by atoms with E-state index in [9.17, 15) is 0 Å². The Balaban J connectivity index is 2.42. The second kappa shape index (κ2) is 5.42. The van der Waals surface area contributed by atoms with Crippen molar-refractivity contribution in [1.82, 2.24) is 4.98 Å². The second-order valence-electron chi connectivity index (χ2n) is 5.01. The summed E-state index contributed by atoms with van der Waals surface area (Å²) in [6, 6.07) is 5.23. The van der Waals surface area contributed by atoms with E-state index in [1.54, 1.807) is 6.20 Å². The Morgan fingerprint density at radius 3 is 2.67 bits per heavy atom. The maximum atomic E-state index is 6.03. The Morgan fingerprint density at radius 1 is 1.40 bits per heavy atom. The van der Waals surface area contributed by atoms with Gasteiger partial charge in [0, 0.05) is 12.4 Å². The lowest BCUT2D eigenvalue weighted by atomic mass is 10.3. The normalized spacial score (nSPS) is 12.1. The predicted octanol–water partition coefficient (Wildman–Crippen LogP) is 3.46. The van der Waals surface area contributed by atoms with E-state index in [-0.39, 0.29) is 0 Å². The third-order valence-electron chi connectivity index (χ3n) is 2.25. The van der Waals surface area contributed by atoms with E-state index in [4.69, 9.17) is 4.43 Å². The molecular formula is C12H21NOSi. The van der Waals surface area contributed by atoms with Gasteiger partial charge in [-0.15, -0.1) is 0 Å². The van der Waals surface area contributed by atoms with E-state index in [1.165, 1.54) is 11.6 Å². The molecule has 0 unspecified atom stereocenters. The minimum atomic E-state index is -1.48. The molecular weight excluding hydrogens is 202 g/mol.